The van der Waals surface area contributed by atoms with Crippen LogP contribution in [0.5, 0.6) is 0 Å². The molecule has 5 nitrogen and oxygen atoms in total. The van der Waals surface area contributed by atoms with Crippen molar-refractivity contribution in [2.24, 2.45) is 0 Å². The molecule has 0 saturated carbocycles. The maximum atomic E-state index is 12.2. The number of rotatable bonds is 5. The molecule has 0 aliphatic rings. The number of esters is 1. The lowest BCUT2D eigenvalue weighted by atomic mass is 10.2. The second-order valence-electron chi connectivity index (χ2n) is 5.66. The highest BCUT2D eigenvalue weighted by Gasteiger charge is 2.19. The molecule has 2 aromatic carbocycles. The Morgan fingerprint density at radius 2 is 1.86 bits per heavy atom. The van der Waals surface area contributed by atoms with Gasteiger partial charge in [-0.1, -0.05) is 40.9 Å². The molecule has 1 heterocycles. The number of hydrogen-bond donors (Lipinski definition) is 0. The number of nitrogens with zero attached hydrogens (tertiary/aromatic N) is 2. The molecule has 3 aromatic rings. The van der Waals surface area contributed by atoms with E-state index in [0.29, 0.717) is 26.6 Å². The molecule has 1 aromatic heterocycles. The highest BCUT2D eigenvalue weighted by Crippen LogP contribution is 2.31. The van der Waals surface area contributed by atoms with Gasteiger partial charge < -0.3 is 4.74 Å². The Bertz CT molecular complexity index is 1040. The van der Waals surface area contributed by atoms with Crippen LogP contribution < -0.4 is 4.90 Å². The van der Waals surface area contributed by atoms with E-state index in [1.807, 2.05) is 0 Å². The number of halogens is 3. The minimum absolute atomic E-state index is 0.0599. The van der Waals surface area contributed by atoms with Gasteiger partial charge in [-0.3, -0.25) is 9.69 Å². The van der Waals surface area contributed by atoms with Gasteiger partial charge in [0, 0.05) is 22.3 Å². The molecule has 0 aliphatic heterocycles. The molecule has 3 rings (SSSR count). The van der Waals surface area contributed by atoms with Crippen LogP contribution in [0.1, 0.15) is 23.0 Å². The number of amides is 1. The highest BCUT2D eigenvalue weighted by atomic mass is 35.5. The summed E-state index contributed by atoms with van der Waals surface area (Å²) in [5.74, 6) is -0.803. The van der Waals surface area contributed by atoms with E-state index in [4.69, 9.17) is 39.5 Å². The lowest BCUT2D eigenvalue weighted by molar-refractivity contribution is -0.115. The van der Waals surface area contributed by atoms with Crippen LogP contribution in [0.3, 0.4) is 0 Å². The first-order valence-electron chi connectivity index (χ1n) is 7.98. The third-order valence-electron chi connectivity index (χ3n) is 3.61. The average molecular weight is 456 g/mol. The molecule has 0 bridgehead atoms. The Balaban J connectivity index is 1.74. The maximum Gasteiger partial charge on any atom is 0.340 e. The van der Waals surface area contributed by atoms with E-state index in [9.17, 15) is 9.59 Å². The van der Waals surface area contributed by atoms with Crippen molar-refractivity contribution in [3.63, 3.8) is 0 Å². The number of ether oxygens (including phenoxy) is 1. The SMILES string of the molecule is CC(=O)N(c1cccc(Cl)c1)c1nc(COC(=O)c2ccc(Cl)cc2Cl)cs1. The number of anilines is 2. The van der Waals surface area contributed by atoms with Crippen LogP contribution in [-0.4, -0.2) is 16.9 Å². The van der Waals surface area contributed by atoms with E-state index in [0.717, 1.165) is 0 Å². The summed E-state index contributed by atoms with van der Waals surface area (Å²) >= 11 is 19.1. The second kappa shape index (κ2) is 8.92. The molecule has 0 fully saturated rings. The summed E-state index contributed by atoms with van der Waals surface area (Å²) in [4.78, 5) is 30.2. The first-order chi connectivity index (χ1) is 13.3. The first-order valence-corrected chi connectivity index (χ1v) is 9.99. The predicted octanol–water partition coefficient (Wildman–Crippen LogP) is 6.14. The maximum absolute atomic E-state index is 12.2. The van der Waals surface area contributed by atoms with E-state index in [1.54, 1.807) is 35.7 Å². The van der Waals surface area contributed by atoms with Gasteiger partial charge in [-0.15, -0.1) is 11.3 Å². The van der Waals surface area contributed by atoms with Gasteiger partial charge in [0.2, 0.25) is 5.91 Å². The third-order valence-corrected chi connectivity index (χ3v) is 5.27. The fourth-order valence-corrected chi connectivity index (χ4v) is 3.92. The fourth-order valence-electron chi connectivity index (χ4n) is 2.38. The fraction of sp³-hybridized carbons (Fsp3) is 0.105. The van der Waals surface area contributed by atoms with Crippen LogP contribution in [0.2, 0.25) is 15.1 Å². The number of hydrogen-bond acceptors (Lipinski definition) is 5. The minimum Gasteiger partial charge on any atom is -0.456 e. The molecule has 9 heteroatoms. The third kappa shape index (κ3) is 4.83. The van der Waals surface area contributed by atoms with Gasteiger partial charge in [0.15, 0.2) is 5.13 Å². The number of thiazole rings is 1. The van der Waals surface area contributed by atoms with Gasteiger partial charge in [0.05, 0.1) is 22.0 Å². The quantitative estimate of drug-likeness (QED) is 0.433. The molecule has 0 unspecified atom stereocenters. The summed E-state index contributed by atoms with van der Waals surface area (Å²) in [6.45, 7) is 1.38. The van der Waals surface area contributed by atoms with Crippen molar-refractivity contribution in [3.8, 4) is 0 Å². The molecule has 0 N–H and O–H groups in total. The van der Waals surface area contributed by atoms with E-state index in [-0.39, 0.29) is 23.1 Å². The van der Waals surface area contributed by atoms with E-state index < -0.39 is 5.97 Å². The Labute approximate surface area is 180 Å². The molecule has 0 spiro atoms. The molecule has 0 saturated heterocycles. The van der Waals surface area contributed by atoms with E-state index in [2.05, 4.69) is 4.98 Å². The lowest BCUT2D eigenvalue weighted by Crippen LogP contribution is -2.22. The van der Waals surface area contributed by atoms with Gasteiger partial charge in [-0.25, -0.2) is 9.78 Å². The van der Waals surface area contributed by atoms with Crippen LogP contribution in [0.25, 0.3) is 0 Å². The molecule has 0 atom stereocenters. The monoisotopic (exact) mass is 454 g/mol. The summed E-state index contributed by atoms with van der Waals surface area (Å²) < 4.78 is 5.27. The normalized spacial score (nSPS) is 10.6. The molecular weight excluding hydrogens is 443 g/mol. The topological polar surface area (TPSA) is 59.5 Å². The van der Waals surface area contributed by atoms with Crippen molar-refractivity contribution >= 4 is 68.8 Å². The van der Waals surface area contributed by atoms with Gasteiger partial charge in [-0.2, -0.15) is 0 Å². The molecule has 0 radical (unpaired) electrons. The zero-order valence-electron chi connectivity index (χ0n) is 14.5. The molecule has 0 aliphatic carbocycles. The second-order valence-corrected chi connectivity index (χ2v) is 7.77. The number of aromatic nitrogens is 1. The smallest absolute Gasteiger partial charge is 0.340 e. The van der Waals surface area contributed by atoms with Crippen LogP contribution in [0.4, 0.5) is 10.8 Å². The predicted molar refractivity (Wildman–Crippen MR) is 112 cm³/mol. The van der Waals surface area contributed by atoms with Gasteiger partial charge >= 0.3 is 5.97 Å². The van der Waals surface area contributed by atoms with Crippen molar-refractivity contribution in [2.75, 3.05) is 4.90 Å². The average Bonchev–Trinajstić information content (AvgIpc) is 3.08. The van der Waals surface area contributed by atoms with Gasteiger partial charge in [-0.05, 0) is 36.4 Å². The number of benzene rings is 2. The van der Waals surface area contributed by atoms with Crippen molar-refractivity contribution in [2.45, 2.75) is 13.5 Å². The Hall–Kier alpha value is -2.12. The minimum atomic E-state index is -0.588. The number of carbonyl (C=O) groups excluding carboxylic acids is 2. The van der Waals surface area contributed by atoms with Gasteiger partial charge in [0.25, 0.3) is 0 Å². The number of carbonyl (C=O) groups is 2. The standard InChI is InChI=1S/C19H13Cl3N2O3S/c1-11(25)24(15-4-2-3-12(20)7-15)19-23-14(10-28-19)9-27-18(26)16-6-5-13(21)8-17(16)22/h2-8,10H,9H2,1H3. The first kappa shape index (κ1) is 20.6. The molecule has 1 amide bonds. The Morgan fingerprint density at radius 3 is 2.54 bits per heavy atom. The van der Waals surface area contributed by atoms with Gasteiger partial charge in [0.1, 0.15) is 6.61 Å². The Morgan fingerprint density at radius 1 is 1.11 bits per heavy atom. The Kier molecular flexibility index (Phi) is 6.57. The molecular formula is C19H13Cl3N2O3S. The zero-order chi connectivity index (χ0) is 20.3. The highest BCUT2D eigenvalue weighted by molar-refractivity contribution is 7.14. The van der Waals surface area contributed by atoms with E-state index >= 15 is 0 Å². The van der Waals surface area contributed by atoms with Crippen molar-refractivity contribution in [3.05, 3.63) is 74.2 Å². The van der Waals surface area contributed by atoms with Crippen molar-refractivity contribution in [1.29, 1.82) is 0 Å². The summed E-state index contributed by atoms with van der Waals surface area (Å²) in [6, 6.07) is 11.4. The summed E-state index contributed by atoms with van der Waals surface area (Å²) in [5.41, 5.74) is 1.32. The van der Waals surface area contributed by atoms with Crippen LogP contribution in [0, 0.1) is 0 Å². The zero-order valence-corrected chi connectivity index (χ0v) is 17.6. The van der Waals surface area contributed by atoms with Crippen LogP contribution >= 0.6 is 46.1 Å². The lowest BCUT2D eigenvalue weighted by Gasteiger charge is -2.18. The summed E-state index contributed by atoms with van der Waals surface area (Å²) in [6.07, 6.45) is 0. The summed E-state index contributed by atoms with van der Waals surface area (Å²) in [7, 11) is 0. The molecule has 28 heavy (non-hydrogen) atoms. The van der Waals surface area contributed by atoms with E-state index in [1.165, 1.54) is 35.3 Å². The molecule has 144 valence electrons. The van der Waals surface area contributed by atoms with Crippen molar-refractivity contribution in [1.82, 2.24) is 4.98 Å². The van der Waals surface area contributed by atoms with Crippen molar-refractivity contribution < 1.29 is 14.3 Å². The van der Waals surface area contributed by atoms with Crippen LogP contribution in [0.15, 0.2) is 47.8 Å². The van der Waals surface area contributed by atoms with Crippen LogP contribution in [-0.2, 0) is 16.1 Å². The largest absolute Gasteiger partial charge is 0.456 e. The summed E-state index contributed by atoms with van der Waals surface area (Å²) in [5, 5.41) is 3.31.